The van der Waals surface area contributed by atoms with Crippen molar-refractivity contribution in [3.63, 3.8) is 0 Å². The van der Waals surface area contributed by atoms with Crippen molar-refractivity contribution in [3.8, 4) is 0 Å². The molecule has 70 valence electrons. The quantitative estimate of drug-likeness (QED) is 0.473. The van der Waals surface area contributed by atoms with Crippen molar-refractivity contribution in [2.24, 2.45) is 0 Å². The molecular formula is C7H12O5. The molecule has 0 unspecified atom stereocenters. The van der Waals surface area contributed by atoms with Crippen LogP contribution in [0.5, 0.6) is 0 Å². The van der Waals surface area contributed by atoms with Gasteiger partial charge in [-0.05, 0) is 13.8 Å². The first-order chi connectivity index (χ1) is 5.63. The molecule has 0 aromatic rings. The van der Waals surface area contributed by atoms with Gasteiger partial charge in [-0.15, -0.1) is 0 Å². The normalized spacial score (nSPS) is 12.2. The van der Waals surface area contributed by atoms with Gasteiger partial charge in [0.2, 0.25) is 0 Å². The Labute approximate surface area is 70.3 Å². The van der Waals surface area contributed by atoms with Gasteiger partial charge < -0.3 is 14.6 Å². The van der Waals surface area contributed by atoms with E-state index in [-0.39, 0.29) is 13.2 Å². The van der Waals surface area contributed by atoms with E-state index < -0.39 is 18.0 Å². The first-order valence-corrected chi connectivity index (χ1v) is 3.64. The highest BCUT2D eigenvalue weighted by Gasteiger charge is 2.27. The molecule has 0 aliphatic heterocycles. The third-order valence-corrected chi connectivity index (χ3v) is 1.06. The standard InChI is InChI=1S/C7H12O5/c1-3-11-5(6(8)9)7(10)12-4-2/h5H,3-4H2,1-2H3,(H,8,9)/t5-/m0/s1. The zero-order valence-corrected chi connectivity index (χ0v) is 7.07. The Morgan fingerprint density at radius 2 is 1.92 bits per heavy atom. The summed E-state index contributed by atoms with van der Waals surface area (Å²) < 4.78 is 9.12. The minimum absolute atomic E-state index is 0.148. The topological polar surface area (TPSA) is 72.8 Å². The van der Waals surface area contributed by atoms with Crippen molar-refractivity contribution in [1.29, 1.82) is 0 Å². The number of carboxylic acids is 1. The fraction of sp³-hybridized carbons (Fsp3) is 0.714. The van der Waals surface area contributed by atoms with Crippen molar-refractivity contribution >= 4 is 11.9 Å². The van der Waals surface area contributed by atoms with Crippen LogP contribution in [0.3, 0.4) is 0 Å². The minimum atomic E-state index is -1.49. The number of carbonyl (C=O) groups is 2. The Morgan fingerprint density at radius 3 is 2.25 bits per heavy atom. The minimum Gasteiger partial charge on any atom is -0.479 e. The number of carboxylic acid groups (broad SMARTS) is 1. The summed E-state index contributed by atoms with van der Waals surface area (Å²) in [5.74, 6) is -2.18. The maximum atomic E-state index is 10.8. The second kappa shape index (κ2) is 5.54. The summed E-state index contributed by atoms with van der Waals surface area (Å²) in [6, 6.07) is 0. The molecule has 5 nitrogen and oxygen atoms in total. The molecule has 0 aliphatic rings. The molecule has 0 amide bonds. The molecular weight excluding hydrogens is 164 g/mol. The maximum absolute atomic E-state index is 10.8. The maximum Gasteiger partial charge on any atom is 0.347 e. The lowest BCUT2D eigenvalue weighted by atomic mass is 10.3. The molecule has 0 fully saturated rings. The van der Waals surface area contributed by atoms with Gasteiger partial charge in [-0.3, -0.25) is 0 Å². The van der Waals surface area contributed by atoms with Gasteiger partial charge in [0.25, 0.3) is 6.10 Å². The first kappa shape index (κ1) is 10.9. The van der Waals surface area contributed by atoms with Crippen LogP contribution in [0.2, 0.25) is 0 Å². The number of ether oxygens (including phenoxy) is 2. The number of rotatable bonds is 5. The van der Waals surface area contributed by atoms with E-state index in [2.05, 4.69) is 9.47 Å². The van der Waals surface area contributed by atoms with Crippen molar-refractivity contribution < 1.29 is 24.2 Å². The largest absolute Gasteiger partial charge is 0.479 e. The van der Waals surface area contributed by atoms with E-state index in [0.29, 0.717) is 0 Å². The average molecular weight is 176 g/mol. The molecule has 0 bridgehead atoms. The molecule has 0 radical (unpaired) electrons. The second-order valence-electron chi connectivity index (χ2n) is 1.93. The van der Waals surface area contributed by atoms with E-state index in [0.717, 1.165) is 0 Å². The predicted molar refractivity (Wildman–Crippen MR) is 39.7 cm³/mol. The van der Waals surface area contributed by atoms with Crippen LogP contribution >= 0.6 is 0 Å². The van der Waals surface area contributed by atoms with E-state index in [4.69, 9.17) is 5.11 Å². The molecule has 0 aromatic carbocycles. The van der Waals surface area contributed by atoms with Crippen LogP contribution in [0.4, 0.5) is 0 Å². The third kappa shape index (κ3) is 3.34. The van der Waals surface area contributed by atoms with Crippen LogP contribution in [0.1, 0.15) is 13.8 Å². The summed E-state index contributed by atoms with van der Waals surface area (Å²) in [6.45, 7) is 3.52. The smallest absolute Gasteiger partial charge is 0.347 e. The van der Waals surface area contributed by atoms with Gasteiger partial charge in [-0.1, -0.05) is 0 Å². The monoisotopic (exact) mass is 176 g/mol. The second-order valence-corrected chi connectivity index (χ2v) is 1.93. The first-order valence-electron chi connectivity index (χ1n) is 3.64. The van der Waals surface area contributed by atoms with E-state index >= 15 is 0 Å². The summed E-state index contributed by atoms with van der Waals surface area (Å²) in [4.78, 5) is 21.2. The van der Waals surface area contributed by atoms with Crippen LogP contribution in [0.25, 0.3) is 0 Å². The van der Waals surface area contributed by atoms with Gasteiger partial charge in [0.1, 0.15) is 0 Å². The third-order valence-electron chi connectivity index (χ3n) is 1.06. The van der Waals surface area contributed by atoms with Gasteiger partial charge in [-0.2, -0.15) is 0 Å². The Hall–Kier alpha value is -1.10. The van der Waals surface area contributed by atoms with Gasteiger partial charge in [-0.25, -0.2) is 9.59 Å². The highest BCUT2D eigenvalue weighted by molar-refractivity contribution is 5.97. The molecule has 1 atom stereocenters. The van der Waals surface area contributed by atoms with Gasteiger partial charge in [0, 0.05) is 6.61 Å². The molecule has 0 aromatic heterocycles. The van der Waals surface area contributed by atoms with E-state index in [1.54, 1.807) is 13.8 Å². The van der Waals surface area contributed by atoms with Crippen LogP contribution in [-0.2, 0) is 19.1 Å². The summed E-state index contributed by atoms with van der Waals surface area (Å²) >= 11 is 0. The van der Waals surface area contributed by atoms with Gasteiger partial charge in [0.05, 0.1) is 6.61 Å². The lowest BCUT2D eigenvalue weighted by Crippen LogP contribution is -2.34. The number of esters is 1. The van der Waals surface area contributed by atoms with E-state index in [1.165, 1.54) is 0 Å². The molecule has 1 N–H and O–H groups in total. The van der Waals surface area contributed by atoms with Crippen LogP contribution in [-0.4, -0.2) is 36.4 Å². The Morgan fingerprint density at radius 1 is 1.33 bits per heavy atom. The van der Waals surface area contributed by atoms with E-state index in [1.807, 2.05) is 0 Å². The summed E-state index contributed by atoms with van der Waals surface area (Å²) in [5, 5.41) is 8.48. The zero-order chi connectivity index (χ0) is 9.56. The highest BCUT2D eigenvalue weighted by atomic mass is 16.6. The van der Waals surface area contributed by atoms with Crippen LogP contribution < -0.4 is 0 Å². The van der Waals surface area contributed by atoms with Gasteiger partial charge >= 0.3 is 11.9 Å². The fourth-order valence-corrected chi connectivity index (χ4v) is 0.625. The fourth-order valence-electron chi connectivity index (χ4n) is 0.625. The molecule has 0 heterocycles. The van der Waals surface area contributed by atoms with Crippen LogP contribution in [0, 0.1) is 0 Å². The summed E-state index contributed by atoms with van der Waals surface area (Å²) in [5.41, 5.74) is 0. The molecule has 0 rings (SSSR count). The van der Waals surface area contributed by atoms with Crippen molar-refractivity contribution in [3.05, 3.63) is 0 Å². The number of hydrogen-bond donors (Lipinski definition) is 1. The molecule has 12 heavy (non-hydrogen) atoms. The molecule has 5 heteroatoms. The predicted octanol–water partition coefficient (Wildman–Crippen LogP) is 0.0392. The SMILES string of the molecule is CCOC(=O)[C@@H](OCC)C(=O)O. The van der Waals surface area contributed by atoms with Crippen molar-refractivity contribution in [2.45, 2.75) is 20.0 Å². The van der Waals surface area contributed by atoms with Crippen LogP contribution in [0.15, 0.2) is 0 Å². The van der Waals surface area contributed by atoms with Crippen molar-refractivity contribution in [1.82, 2.24) is 0 Å². The molecule has 0 saturated heterocycles. The molecule has 0 spiro atoms. The molecule has 0 aliphatic carbocycles. The number of hydrogen-bond acceptors (Lipinski definition) is 4. The van der Waals surface area contributed by atoms with Crippen molar-refractivity contribution in [2.75, 3.05) is 13.2 Å². The Balaban J connectivity index is 4.09. The average Bonchev–Trinajstić information content (AvgIpc) is 1.99. The number of aliphatic carboxylic acids is 1. The summed E-state index contributed by atoms with van der Waals surface area (Å²) in [6.07, 6.45) is -1.49. The van der Waals surface area contributed by atoms with E-state index in [9.17, 15) is 9.59 Å². The Kier molecular flexibility index (Phi) is 5.03. The zero-order valence-electron chi connectivity index (χ0n) is 7.07. The highest BCUT2D eigenvalue weighted by Crippen LogP contribution is 1.96. The lowest BCUT2D eigenvalue weighted by Gasteiger charge is -2.10. The number of carbonyl (C=O) groups excluding carboxylic acids is 1. The summed E-state index contributed by atoms with van der Waals surface area (Å²) in [7, 11) is 0. The van der Waals surface area contributed by atoms with Gasteiger partial charge in [0.15, 0.2) is 0 Å². The Bertz CT molecular complexity index is 165. The lowest BCUT2D eigenvalue weighted by molar-refractivity contribution is -0.169. The molecule has 0 saturated carbocycles.